The van der Waals surface area contributed by atoms with Crippen molar-refractivity contribution >= 4 is 17.7 Å². The number of rotatable bonds is 3. The summed E-state index contributed by atoms with van der Waals surface area (Å²) in [5.74, 6) is 1.30. The van der Waals surface area contributed by atoms with E-state index in [2.05, 4.69) is 18.4 Å². The number of carboxylic acid groups (broad SMARTS) is 1. The molecule has 0 spiro atoms. The SMILES string of the molecule is C=C(CN1CCSCC1C)C(=O)O. The molecule has 0 radical (unpaired) electrons. The first kappa shape index (κ1) is 10.6. The minimum absolute atomic E-state index is 0.291. The highest BCUT2D eigenvalue weighted by Gasteiger charge is 2.20. The van der Waals surface area contributed by atoms with E-state index in [0.29, 0.717) is 18.2 Å². The van der Waals surface area contributed by atoms with Gasteiger partial charge in [0.05, 0.1) is 0 Å². The van der Waals surface area contributed by atoms with Gasteiger partial charge in [-0.15, -0.1) is 0 Å². The normalized spacial score (nSPS) is 24.2. The van der Waals surface area contributed by atoms with Gasteiger partial charge in [0.2, 0.25) is 0 Å². The first-order valence-corrected chi connectivity index (χ1v) is 5.49. The van der Waals surface area contributed by atoms with E-state index < -0.39 is 5.97 Å². The summed E-state index contributed by atoms with van der Waals surface area (Å²) in [6.45, 7) is 7.13. The van der Waals surface area contributed by atoms with Gasteiger partial charge in [-0.25, -0.2) is 4.79 Å². The van der Waals surface area contributed by atoms with Crippen LogP contribution in [-0.2, 0) is 4.79 Å². The van der Waals surface area contributed by atoms with Gasteiger partial charge in [-0.1, -0.05) is 6.58 Å². The molecular weight excluding hydrogens is 186 g/mol. The first-order valence-electron chi connectivity index (χ1n) is 4.34. The van der Waals surface area contributed by atoms with Crippen LogP contribution in [0.25, 0.3) is 0 Å². The molecule has 0 aromatic rings. The number of carbonyl (C=O) groups is 1. The molecule has 0 aromatic heterocycles. The predicted molar refractivity (Wildman–Crippen MR) is 55.1 cm³/mol. The maximum absolute atomic E-state index is 10.5. The van der Waals surface area contributed by atoms with Crippen molar-refractivity contribution in [3.8, 4) is 0 Å². The number of hydrogen-bond acceptors (Lipinski definition) is 3. The Morgan fingerprint density at radius 2 is 2.46 bits per heavy atom. The topological polar surface area (TPSA) is 40.5 Å². The molecule has 1 rings (SSSR count). The molecule has 1 saturated heterocycles. The highest BCUT2D eigenvalue weighted by Crippen LogP contribution is 2.16. The second-order valence-electron chi connectivity index (χ2n) is 3.30. The van der Waals surface area contributed by atoms with E-state index in [1.807, 2.05) is 11.8 Å². The molecule has 1 heterocycles. The fourth-order valence-corrected chi connectivity index (χ4v) is 2.39. The van der Waals surface area contributed by atoms with Crippen molar-refractivity contribution in [2.75, 3.05) is 24.6 Å². The van der Waals surface area contributed by atoms with Crippen LogP contribution in [-0.4, -0.2) is 46.6 Å². The predicted octanol–water partition coefficient (Wildman–Crippen LogP) is 1.06. The second kappa shape index (κ2) is 4.67. The van der Waals surface area contributed by atoms with E-state index in [9.17, 15) is 4.79 Å². The highest BCUT2D eigenvalue weighted by molar-refractivity contribution is 7.99. The number of nitrogens with zero attached hydrogens (tertiary/aromatic N) is 1. The Hall–Kier alpha value is -0.480. The summed E-state index contributed by atoms with van der Waals surface area (Å²) >= 11 is 1.92. The summed E-state index contributed by atoms with van der Waals surface area (Å²) in [4.78, 5) is 12.7. The third-order valence-corrected chi connectivity index (χ3v) is 3.39. The van der Waals surface area contributed by atoms with Crippen LogP contribution in [0.2, 0.25) is 0 Å². The lowest BCUT2D eigenvalue weighted by Crippen LogP contribution is -2.42. The summed E-state index contributed by atoms with van der Waals surface area (Å²) in [7, 11) is 0. The van der Waals surface area contributed by atoms with Gasteiger partial charge in [-0.05, 0) is 6.92 Å². The number of aliphatic carboxylic acids is 1. The van der Waals surface area contributed by atoms with Gasteiger partial charge >= 0.3 is 5.97 Å². The highest BCUT2D eigenvalue weighted by atomic mass is 32.2. The van der Waals surface area contributed by atoms with E-state index in [4.69, 9.17) is 5.11 Å². The fraction of sp³-hybridized carbons (Fsp3) is 0.667. The molecule has 0 amide bonds. The third-order valence-electron chi connectivity index (χ3n) is 2.20. The van der Waals surface area contributed by atoms with Crippen molar-refractivity contribution in [3.63, 3.8) is 0 Å². The summed E-state index contributed by atoms with van der Waals surface area (Å²) in [5, 5.41) is 8.67. The van der Waals surface area contributed by atoms with Crippen molar-refractivity contribution in [2.24, 2.45) is 0 Å². The van der Waals surface area contributed by atoms with Crippen LogP contribution in [0.15, 0.2) is 12.2 Å². The quantitative estimate of drug-likeness (QED) is 0.693. The number of carboxylic acids is 1. The largest absolute Gasteiger partial charge is 0.478 e. The second-order valence-corrected chi connectivity index (χ2v) is 4.45. The van der Waals surface area contributed by atoms with E-state index in [1.54, 1.807) is 0 Å². The lowest BCUT2D eigenvalue weighted by atomic mass is 10.2. The van der Waals surface area contributed by atoms with Crippen molar-refractivity contribution < 1.29 is 9.90 Å². The van der Waals surface area contributed by atoms with E-state index in [1.165, 1.54) is 0 Å². The lowest BCUT2D eigenvalue weighted by molar-refractivity contribution is -0.132. The maximum Gasteiger partial charge on any atom is 0.332 e. The Morgan fingerprint density at radius 3 is 3.00 bits per heavy atom. The molecule has 4 heteroatoms. The van der Waals surface area contributed by atoms with Crippen LogP contribution in [0.3, 0.4) is 0 Å². The Labute approximate surface area is 82.8 Å². The standard InChI is InChI=1S/C9H15NO2S/c1-7(9(11)12)5-10-3-4-13-6-8(10)2/h8H,1,3-6H2,2H3,(H,11,12). The Bertz CT molecular complexity index is 218. The molecule has 0 saturated carbocycles. The average molecular weight is 201 g/mol. The summed E-state index contributed by atoms with van der Waals surface area (Å²) in [6.07, 6.45) is 0. The number of thioether (sulfide) groups is 1. The molecule has 0 aliphatic carbocycles. The van der Waals surface area contributed by atoms with Crippen LogP contribution in [0, 0.1) is 0 Å². The van der Waals surface area contributed by atoms with Crippen LogP contribution in [0.5, 0.6) is 0 Å². The third kappa shape index (κ3) is 3.04. The summed E-state index contributed by atoms with van der Waals surface area (Å²) in [6, 6.07) is 0.467. The molecule has 1 aliphatic heterocycles. The minimum atomic E-state index is -0.884. The van der Waals surface area contributed by atoms with E-state index in [0.717, 1.165) is 18.1 Å². The molecule has 0 aromatic carbocycles. The first-order chi connectivity index (χ1) is 6.11. The van der Waals surface area contributed by atoms with Gasteiger partial charge in [0.15, 0.2) is 0 Å². The molecule has 74 valence electrons. The van der Waals surface area contributed by atoms with Crippen molar-refractivity contribution in [3.05, 3.63) is 12.2 Å². The Kier molecular flexibility index (Phi) is 3.81. The average Bonchev–Trinajstić information content (AvgIpc) is 2.08. The van der Waals surface area contributed by atoms with Crippen LogP contribution >= 0.6 is 11.8 Å². The van der Waals surface area contributed by atoms with Crippen molar-refractivity contribution in [2.45, 2.75) is 13.0 Å². The van der Waals surface area contributed by atoms with E-state index in [-0.39, 0.29) is 0 Å². The van der Waals surface area contributed by atoms with Gasteiger partial charge in [-0.2, -0.15) is 11.8 Å². The maximum atomic E-state index is 10.5. The molecule has 1 unspecified atom stereocenters. The summed E-state index contributed by atoms with van der Waals surface area (Å²) in [5.41, 5.74) is 0.291. The molecule has 0 bridgehead atoms. The zero-order chi connectivity index (χ0) is 9.84. The van der Waals surface area contributed by atoms with E-state index >= 15 is 0 Å². The molecule has 13 heavy (non-hydrogen) atoms. The van der Waals surface area contributed by atoms with Gasteiger partial charge in [0, 0.05) is 36.2 Å². The Morgan fingerprint density at radius 1 is 1.77 bits per heavy atom. The lowest BCUT2D eigenvalue weighted by Gasteiger charge is -2.32. The molecule has 1 aliphatic rings. The van der Waals surface area contributed by atoms with Gasteiger partial charge in [-0.3, -0.25) is 4.90 Å². The monoisotopic (exact) mass is 201 g/mol. The molecule has 1 fully saturated rings. The number of hydrogen-bond donors (Lipinski definition) is 1. The van der Waals surface area contributed by atoms with Crippen molar-refractivity contribution in [1.82, 2.24) is 4.90 Å². The van der Waals surface area contributed by atoms with Crippen LogP contribution in [0.4, 0.5) is 0 Å². The molecule has 1 atom stereocenters. The van der Waals surface area contributed by atoms with Crippen molar-refractivity contribution in [1.29, 1.82) is 0 Å². The van der Waals surface area contributed by atoms with Gasteiger partial charge < -0.3 is 5.11 Å². The zero-order valence-corrected chi connectivity index (χ0v) is 8.64. The zero-order valence-electron chi connectivity index (χ0n) is 7.82. The minimum Gasteiger partial charge on any atom is -0.478 e. The Balaban J connectivity index is 2.42. The van der Waals surface area contributed by atoms with Crippen LogP contribution < -0.4 is 0 Å². The van der Waals surface area contributed by atoms with Crippen LogP contribution in [0.1, 0.15) is 6.92 Å². The molecular formula is C9H15NO2S. The smallest absolute Gasteiger partial charge is 0.332 e. The van der Waals surface area contributed by atoms with Gasteiger partial charge in [0.1, 0.15) is 0 Å². The fourth-order valence-electron chi connectivity index (χ4n) is 1.31. The molecule has 3 nitrogen and oxygen atoms in total. The molecule has 1 N–H and O–H groups in total. The summed E-state index contributed by atoms with van der Waals surface area (Å²) < 4.78 is 0. The van der Waals surface area contributed by atoms with Gasteiger partial charge in [0.25, 0.3) is 0 Å².